The summed E-state index contributed by atoms with van der Waals surface area (Å²) >= 11 is 0. The van der Waals surface area contributed by atoms with Crippen LogP contribution in [0.1, 0.15) is 45.7 Å². The van der Waals surface area contributed by atoms with Crippen molar-refractivity contribution in [3.8, 4) is 23.0 Å². The molecule has 0 radical (unpaired) electrons. The summed E-state index contributed by atoms with van der Waals surface area (Å²) in [5.41, 5.74) is 1.03. The first kappa shape index (κ1) is 26.9. The van der Waals surface area contributed by atoms with Gasteiger partial charge in [-0.2, -0.15) is 0 Å². The highest BCUT2D eigenvalue weighted by Crippen LogP contribution is 2.30. The first-order valence-electron chi connectivity index (χ1n) is 9.49. The van der Waals surface area contributed by atoms with E-state index in [1.165, 1.54) is 31.2 Å². The van der Waals surface area contributed by atoms with Gasteiger partial charge in [-0.3, -0.25) is 0 Å². The van der Waals surface area contributed by atoms with E-state index in [1.54, 1.807) is 13.0 Å². The molecular formula is C26H28F4. The van der Waals surface area contributed by atoms with Crippen molar-refractivity contribution < 1.29 is 17.6 Å². The number of hydrogen-bond donors (Lipinski definition) is 0. The van der Waals surface area contributed by atoms with E-state index in [9.17, 15) is 17.6 Å². The molecule has 0 aliphatic carbocycles. The Kier molecular flexibility index (Phi) is 11.9. The fraction of sp³-hybridized carbons (Fsp3) is 0.231. The molecule has 2 aromatic carbocycles. The summed E-state index contributed by atoms with van der Waals surface area (Å²) in [4.78, 5) is 0. The maximum absolute atomic E-state index is 14.4. The lowest BCUT2D eigenvalue weighted by Crippen LogP contribution is -1.98. The van der Waals surface area contributed by atoms with Gasteiger partial charge in [0.1, 0.15) is 0 Å². The van der Waals surface area contributed by atoms with Gasteiger partial charge in [-0.25, -0.2) is 17.6 Å². The molecule has 2 rings (SSSR count). The molecule has 0 N–H and O–H groups in total. The van der Waals surface area contributed by atoms with Crippen LogP contribution in [0.15, 0.2) is 60.7 Å². The van der Waals surface area contributed by atoms with Gasteiger partial charge in [0.25, 0.3) is 0 Å². The Morgan fingerprint density at radius 2 is 1.27 bits per heavy atom. The molecule has 0 spiro atoms. The van der Waals surface area contributed by atoms with Gasteiger partial charge in [-0.1, -0.05) is 55.5 Å². The van der Waals surface area contributed by atoms with Crippen LogP contribution < -0.4 is 0 Å². The minimum Gasteiger partial charge on any atom is -0.203 e. The van der Waals surface area contributed by atoms with E-state index in [0.29, 0.717) is 5.57 Å². The van der Waals surface area contributed by atoms with E-state index in [1.807, 2.05) is 33.8 Å². The standard InChI is InChI=1S/C22H18F4.C2H6.C2H4/c1-13(2)5-6-14(3)7-9-16-10-12-18(22(26)20(16)24)17-11-8-15(4)19(23)21(17)25;2*1-2/h5-6,8,10-12H,1-4H3;1-2H3;1-2H2/b14-6+;;. The second-order valence-electron chi connectivity index (χ2n) is 6.19. The molecule has 0 saturated heterocycles. The first-order valence-corrected chi connectivity index (χ1v) is 9.49. The van der Waals surface area contributed by atoms with Crippen molar-refractivity contribution in [1.29, 1.82) is 0 Å². The molecule has 0 amide bonds. The van der Waals surface area contributed by atoms with Crippen molar-refractivity contribution in [2.24, 2.45) is 0 Å². The maximum Gasteiger partial charge on any atom is 0.175 e. The normalized spacial score (nSPS) is 9.87. The van der Waals surface area contributed by atoms with E-state index < -0.39 is 23.3 Å². The SMILES string of the molecule is C=C.CC.CC(C)=C/C=C(\C)C#Cc1ccc(-c2ccc(C)c(F)c2F)c(F)c1F. The summed E-state index contributed by atoms with van der Waals surface area (Å²) < 4.78 is 56.4. The average molecular weight is 417 g/mol. The summed E-state index contributed by atoms with van der Waals surface area (Å²) in [7, 11) is 0. The number of halogens is 4. The number of allylic oxidation sites excluding steroid dienone is 4. The minimum atomic E-state index is -1.26. The Labute approximate surface area is 177 Å². The molecule has 2 aromatic rings. The third kappa shape index (κ3) is 7.08. The van der Waals surface area contributed by atoms with Crippen LogP contribution in [0.5, 0.6) is 0 Å². The predicted octanol–water partition coefficient (Wildman–Crippen LogP) is 8.31. The van der Waals surface area contributed by atoms with Crippen LogP contribution in [0.2, 0.25) is 0 Å². The van der Waals surface area contributed by atoms with Gasteiger partial charge < -0.3 is 0 Å². The highest BCUT2D eigenvalue weighted by Gasteiger charge is 2.19. The molecule has 0 unspecified atom stereocenters. The quantitative estimate of drug-likeness (QED) is 0.200. The van der Waals surface area contributed by atoms with Crippen molar-refractivity contribution in [3.63, 3.8) is 0 Å². The first-order chi connectivity index (χ1) is 14.2. The zero-order valence-electron chi connectivity index (χ0n) is 18.4. The summed E-state index contributed by atoms with van der Waals surface area (Å²) in [6, 6.07) is 5.00. The number of aryl methyl sites for hydroxylation is 1. The fourth-order valence-corrected chi connectivity index (χ4v) is 2.21. The van der Waals surface area contributed by atoms with E-state index in [0.717, 1.165) is 5.57 Å². The average Bonchev–Trinajstić information content (AvgIpc) is 2.75. The molecule has 0 aliphatic heterocycles. The number of hydrogen-bond acceptors (Lipinski definition) is 0. The molecule has 30 heavy (non-hydrogen) atoms. The van der Waals surface area contributed by atoms with Crippen LogP contribution in [0.25, 0.3) is 11.1 Å². The van der Waals surface area contributed by atoms with Gasteiger partial charge in [0.2, 0.25) is 0 Å². The predicted molar refractivity (Wildman–Crippen MR) is 119 cm³/mol. The topological polar surface area (TPSA) is 0 Å². The molecule has 0 bridgehead atoms. The Bertz CT molecular complexity index is 982. The molecular weight excluding hydrogens is 388 g/mol. The molecule has 0 atom stereocenters. The third-order valence-corrected chi connectivity index (χ3v) is 3.71. The zero-order chi connectivity index (χ0) is 23.4. The highest BCUT2D eigenvalue weighted by molar-refractivity contribution is 5.67. The van der Waals surface area contributed by atoms with Crippen molar-refractivity contribution in [2.45, 2.75) is 41.5 Å². The molecule has 4 heteroatoms. The fourth-order valence-electron chi connectivity index (χ4n) is 2.21. The van der Waals surface area contributed by atoms with Gasteiger partial charge in [0.05, 0.1) is 5.56 Å². The molecule has 0 nitrogen and oxygen atoms in total. The summed E-state index contributed by atoms with van der Waals surface area (Å²) in [6.45, 7) is 17.0. The molecule has 160 valence electrons. The lowest BCUT2D eigenvalue weighted by atomic mass is 10.0. The van der Waals surface area contributed by atoms with E-state index in [-0.39, 0.29) is 22.3 Å². The third-order valence-electron chi connectivity index (χ3n) is 3.71. The van der Waals surface area contributed by atoms with E-state index in [2.05, 4.69) is 25.0 Å². The largest absolute Gasteiger partial charge is 0.203 e. The van der Waals surface area contributed by atoms with E-state index >= 15 is 0 Å². The second-order valence-corrected chi connectivity index (χ2v) is 6.19. The summed E-state index contributed by atoms with van der Waals surface area (Å²) in [5.74, 6) is 0.564. The Morgan fingerprint density at radius 1 is 0.767 bits per heavy atom. The van der Waals surface area contributed by atoms with Crippen LogP contribution >= 0.6 is 0 Å². The van der Waals surface area contributed by atoms with Crippen molar-refractivity contribution in [2.75, 3.05) is 0 Å². The molecule has 0 aliphatic rings. The van der Waals surface area contributed by atoms with Gasteiger partial charge in [0.15, 0.2) is 23.3 Å². The Morgan fingerprint density at radius 3 is 1.80 bits per heavy atom. The van der Waals surface area contributed by atoms with Crippen molar-refractivity contribution in [3.05, 3.63) is 95.1 Å². The maximum atomic E-state index is 14.4. The van der Waals surface area contributed by atoms with Gasteiger partial charge in [-0.05, 0) is 51.0 Å². The molecule has 0 fully saturated rings. The Balaban J connectivity index is 0.00000198. The number of rotatable bonds is 2. The van der Waals surface area contributed by atoms with Crippen molar-refractivity contribution >= 4 is 0 Å². The number of benzene rings is 2. The van der Waals surface area contributed by atoms with Crippen LogP contribution in [0.4, 0.5) is 17.6 Å². The summed E-state index contributed by atoms with van der Waals surface area (Å²) in [6.07, 6.45) is 3.63. The van der Waals surface area contributed by atoms with Crippen LogP contribution in [-0.4, -0.2) is 0 Å². The summed E-state index contributed by atoms with van der Waals surface area (Å²) in [5, 5.41) is 0. The highest BCUT2D eigenvalue weighted by atomic mass is 19.2. The van der Waals surface area contributed by atoms with Crippen LogP contribution in [-0.2, 0) is 0 Å². The second kappa shape index (κ2) is 13.2. The molecule has 0 saturated carbocycles. The Hall–Kier alpha value is -3.06. The van der Waals surface area contributed by atoms with Crippen LogP contribution in [0, 0.1) is 42.0 Å². The smallest absolute Gasteiger partial charge is 0.175 e. The minimum absolute atomic E-state index is 0.0910. The van der Waals surface area contributed by atoms with Gasteiger partial charge >= 0.3 is 0 Å². The zero-order valence-corrected chi connectivity index (χ0v) is 18.4. The van der Waals surface area contributed by atoms with Crippen LogP contribution in [0.3, 0.4) is 0 Å². The lowest BCUT2D eigenvalue weighted by Gasteiger charge is -2.09. The lowest BCUT2D eigenvalue weighted by molar-refractivity contribution is 0.497. The van der Waals surface area contributed by atoms with E-state index in [4.69, 9.17) is 0 Å². The van der Waals surface area contributed by atoms with Crippen molar-refractivity contribution in [1.82, 2.24) is 0 Å². The van der Waals surface area contributed by atoms with Gasteiger partial charge in [-0.15, -0.1) is 13.2 Å². The van der Waals surface area contributed by atoms with Gasteiger partial charge in [0, 0.05) is 11.1 Å². The monoisotopic (exact) mass is 416 g/mol. The molecule has 0 heterocycles. The molecule has 0 aromatic heterocycles.